The van der Waals surface area contributed by atoms with Crippen molar-refractivity contribution >= 4 is 0 Å². The highest BCUT2D eigenvalue weighted by molar-refractivity contribution is 5.22. The van der Waals surface area contributed by atoms with Crippen LogP contribution in [0.15, 0.2) is 0 Å². The van der Waals surface area contributed by atoms with Gasteiger partial charge in [-0.3, -0.25) is 0 Å². The van der Waals surface area contributed by atoms with Crippen molar-refractivity contribution in [2.45, 2.75) is 64.2 Å². The van der Waals surface area contributed by atoms with Crippen molar-refractivity contribution in [1.29, 1.82) is 0 Å². The number of aryl methyl sites for hydroxylation is 1. The summed E-state index contributed by atoms with van der Waals surface area (Å²) < 4.78 is 5.91. The highest BCUT2D eigenvalue weighted by atomic mass is 16.5. The first-order chi connectivity index (χ1) is 8.56. The minimum atomic E-state index is 0.247. The van der Waals surface area contributed by atoms with E-state index in [9.17, 15) is 0 Å². The molecule has 5 unspecified atom stereocenters. The zero-order chi connectivity index (χ0) is 12.9. The van der Waals surface area contributed by atoms with Crippen molar-refractivity contribution in [3.05, 3.63) is 17.2 Å². The van der Waals surface area contributed by atoms with Crippen molar-refractivity contribution in [1.82, 2.24) is 9.97 Å². The smallest absolute Gasteiger partial charge is 0.112 e. The van der Waals surface area contributed by atoms with Gasteiger partial charge in [0.15, 0.2) is 0 Å². The van der Waals surface area contributed by atoms with Crippen LogP contribution < -0.4 is 5.73 Å². The molecule has 1 saturated heterocycles. The Morgan fingerprint density at radius 3 is 2.72 bits per heavy atom. The van der Waals surface area contributed by atoms with Gasteiger partial charge in [0.25, 0.3) is 0 Å². The maximum Gasteiger partial charge on any atom is 0.112 e. The summed E-state index contributed by atoms with van der Waals surface area (Å²) in [6, 6.07) is 0.291. The highest BCUT2D eigenvalue weighted by Gasteiger charge is 2.40. The molecule has 1 aromatic heterocycles. The van der Waals surface area contributed by atoms with Crippen LogP contribution in [0, 0.1) is 5.92 Å². The van der Waals surface area contributed by atoms with Crippen LogP contribution in [-0.2, 0) is 17.6 Å². The van der Waals surface area contributed by atoms with E-state index in [2.05, 4.69) is 25.8 Å². The Balaban J connectivity index is 1.89. The van der Waals surface area contributed by atoms with Gasteiger partial charge in [0.1, 0.15) is 5.82 Å². The van der Waals surface area contributed by atoms with E-state index in [1.807, 2.05) is 0 Å². The van der Waals surface area contributed by atoms with Crippen LogP contribution >= 0.6 is 0 Å². The third-order valence-corrected chi connectivity index (χ3v) is 4.66. The van der Waals surface area contributed by atoms with Gasteiger partial charge in [0, 0.05) is 24.1 Å². The molecular formula is C14H23N3O. The minimum absolute atomic E-state index is 0.247. The van der Waals surface area contributed by atoms with Crippen LogP contribution in [0.2, 0.25) is 0 Å². The summed E-state index contributed by atoms with van der Waals surface area (Å²) in [5, 5.41) is 0. The second kappa shape index (κ2) is 4.35. The molecule has 100 valence electrons. The Morgan fingerprint density at radius 2 is 2.06 bits per heavy atom. The molecule has 4 nitrogen and oxygen atoms in total. The van der Waals surface area contributed by atoms with Gasteiger partial charge in [-0.15, -0.1) is 0 Å². The van der Waals surface area contributed by atoms with E-state index in [-0.39, 0.29) is 6.10 Å². The maximum absolute atomic E-state index is 6.02. The number of nitrogens with zero attached hydrogens (tertiary/aromatic N) is 1. The first-order valence-electron chi connectivity index (χ1n) is 7.05. The minimum Gasteiger partial charge on any atom is -0.374 e. The molecule has 2 aliphatic rings. The predicted molar refractivity (Wildman–Crippen MR) is 70.5 cm³/mol. The van der Waals surface area contributed by atoms with Crippen LogP contribution in [0.5, 0.6) is 0 Å². The second-order valence-corrected chi connectivity index (χ2v) is 5.98. The average Bonchev–Trinajstić information content (AvgIpc) is 2.80. The van der Waals surface area contributed by atoms with E-state index in [0.29, 0.717) is 24.0 Å². The number of H-pyrrole nitrogens is 1. The molecule has 1 fully saturated rings. The Hall–Kier alpha value is -0.870. The van der Waals surface area contributed by atoms with Crippen molar-refractivity contribution in [3.8, 4) is 0 Å². The molecule has 0 bridgehead atoms. The van der Waals surface area contributed by atoms with Gasteiger partial charge < -0.3 is 15.5 Å². The lowest BCUT2D eigenvalue weighted by Crippen LogP contribution is -2.27. The number of aromatic amines is 1. The van der Waals surface area contributed by atoms with Crippen LogP contribution in [-0.4, -0.2) is 28.2 Å². The molecule has 3 N–H and O–H groups in total. The second-order valence-electron chi connectivity index (χ2n) is 5.98. The SMILES string of the molecule is CC1OC(C)C(c2nc3c([nH]2)CC(N)CC3)C1C. The van der Waals surface area contributed by atoms with Crippen molar-refractivity contribution in [3.63, 3.8) is 0 Å². The summed E-state index contributed by atoms with van der Waals surface area (Å²) in [5.74, 6) is 2.02. The zero-order valence-corrected chi connectivity index (χ0v) is 11.4. The van der Waals surface area contributed by atoms with E-state index < -0.39 is 0 Å². The van der Waals surface area contributed by atoms with Gasteiger partial charge in [-0.05, 0) is 32.6 Å². The third-order valence-electron chi connectivity index (χ3n) is 4.66. The number of hydrogen-bond donors (Lipinski definition) is 2. The Morgan fingerprint density at radius 1 is 1.28 bits per heavy atom. The number of ether oxygens (including phenoxy) is 1. The first-order valence-corrected chi connectivity index (χ1v) is 7.05. The maximum atomic E-state index is 6.02. The fourth-order valence-corrected chi connectivity index (χ4v) is 3.43. The Bertz CT molecular complexity index is 442. The predicted octanol–water partition coefficient (Wildman–Crippen LogP) is 1.75. The highest BCUT2D eigenvalue weighted by Crippen LogP contribution is 2.39. The lowest BCUT2D eigenvalue weighted by atomic mass is 9.89. The summed E-state index contributed by atoms with van der Waals surface area (Å²) in [7, 11) is 0. The average molecular weight is 249 g/mol. The molecule has 1 aliphatic heterocycles. The molecule has 3 rings (SSSR count). The monoisotopic (exact) mass is 249 g/mol. The fourth-order valence-electron chi connectivity index (χ4n) is 3.43. The van der Waals surface area contributed by atoms with E-state index in [4.69, 9.17) is 15.5 Å². The summed E-state index contributed by atoms with van der Waals surface area (Å²) in [5.41, 5.74) is 8.50. The molecular weight excluding hydrogens is 226 g/mol. The fraction of sp³-hybridized carbons (Fsp3) is 0.786. The number of fused-ring (bicyclic) bond motifs is 1. The van der Waals surface area contributed by atoms with Crippen molar-refractivity contribution in [2.24, 2.45) is 11.7 Å². The number of imidazole rings is 1. The van der Waals surface area contributed by atoms with Crippen LogP contribution in [0.1, 0.15) is 50.3 Å². The number of nitrogens with one attached hydrogen (secondary N) is 1. The largest absolute Gasteiger partial charge is 0.374 e. The number of hydrogen-bond acceptors (Lipinski definition) is 3. The Kier molecular flexibility index (Phi) is 2.94. The summed E-state index contributed by atoms with van der Waals surface area (Å²) in [6.07, 6.45) is 3.57. The first kappa shape index (κ1) is 12.2. The van der Waals surface area contributed by atoms with Crippen LogP contribution in [0.3, 0.4) is 0 Å². The molecule has 0 saturated carbocycles. The number of aromatic nitrogens is 2. The molecule has 2 heterocycles. The lowest BCUT2D eigenvalue weighted by molar-refractivity contribution is 0.0553. The van der Waals surface area contributed by atoms with Crippen LogP contribution in [0.25, 0.3) is 0 Å². The van der Waals surface area contributed by atoms with E-state index in [1.54, 1.807) is 0 Å². The molecule has 4 heteroatoms. The number of nitrogens with two attached hydrogens (primary N) is 1. The van der Waals surface area contributed by atoms with Gasteiger partial charge in [0.2, 0.25) is 0 Å². The molecule has 0 radical (unpaired) electrons. The third kappa shape index (κ3) is 1.88. The normalized spacial score (nSPS) is 39.9. The topological polar surface area (TPSA) is 63.9 Å². The van der Waals surface area contributed by atoms with Crippen molar-refractivity contribution < 1.29 is 4.74 Å². The van der Waals surface area contributed by atoms with E-state index >= 15 is 0 Å². The van der Waals surface area contributed by atoms with Gasteiger partial charge >= 0.3 is 0 Å². The van der Waals surface area contributed by atoms with Gasteiger partial charge in [-0.25, -0.2) is 4.98 Å². The summed E-state index contributed by atoms with van der Waals surface area (Å²) in [6.45, 7) is 6.56. The van der Waals surface area contributed by atoms with Gasteiger partial charge in [-0.2, -0.15) is 0 Å². The summed E-state index contributed by atoms with van der Waals surface area (Å²) in [4.78, 5) is 8.33. The quantitative estimate of drug-likeness (QED) is 0.797. The van der Waals surface area contributed by atoms with E-state index in [0.717, 1.165) is 25.1 Å². The van der Waals surface area contributed by atoms with Crippen molar-refractivity contribution in [2.75, 3.05) is 0 Å². The van der Waals surface area contributed by atoms with Crippen LogP contribution in [0.4, 0.5) is 0 Å². The van der Waals surface area contributed by atoms with E-state index in [1.165, 1.54) is 11.4 Å². The Labute approximate surface area is 108 Å². The van der Waals surface area contributed by atoms with Gasteiger partial charge in [-0.1, -0.05) is 6.92 Å². The molecule has 0 amide bonds. The lowest BCUT2D eigenvalue weighted by Gasteiger charge is -2.16. The zero-order valence-electron chi connectivity index (χ0n) is 11.4. The molecule has 1 aliphatic carbocycles. The molecule has 1 aromatic rings. The standard InChI is InChI=1S/C14H23N3O/c1-7-8(2)18-9(3)13(7)14-16-11-5-4-10(15)6-12(11)17-14/h7-10,13H,4-6,15H2,1-3H3,(H,16,17). The molecule has 0 spiro atoms. The summed E-state index contributed by atoms with van der Waals surface area (Å²) >= 11 is 0. The molecule has 0 aromatic carbocycles. The molecule has 5 atom stereocenters. The molecule has 18 heavy (non-hydrogen) atoms. The number of rotatable bonds is 1. The van der Waals surface area contributed by atoms with Gasteiger partial charge in [0.05, 0.1) is 17.9 Å².